The van der Waals surface area contributed by atoms with Crippen LogP contribution in [-0.2, 0) is 4.74 Å². The molecule has 0 radical (unpaired) electrons. The molecular formula is C15H21N3O3. The van der Waals surface area contributed by atoms with E-state index < -0.39 is 0 Å². The maximum absolute atomic E-state index is 12.0. The standard InChI is InChI=1S/C15H21N3O3/c1-10-5-11(2)7-12(6-10)18-9-13(21-15(18)20)8-16-14(19)17(3)4/h5-7,13H,8-9H2,1-4H3,(H,16,19). The predicted octanol–water partition coefficient (Wildman–Crippen LogP) is 1.90. The molecular weight excluding hydrogens is 270 g/mol. The Morgan fingerprint density at radius 3 is 2.52 bits per heavy atom. The Balaban J connectivity index is 2.01. The molecule has 1 aliphatic rings. The number of cyclic esters (lactones) is 1. The molecule has 1 aliphatic heterocycles. The first kappa shape index (κ1) is 15.2. The van der Waals surface area contributed by atoms with E-state index in [9.17, 15) is 9.59 Å². The van der Waals surface area contributed by atoms with Crippen LogP contribution >= 0.6 is 0 Å². The van der Waals surface area contributed by atoms with Crippen LogP contribution in [0.25, 0.3) is 0 Å². The second-order valence-electron chi connectivity index (χ2n) is 5.54. The van der Waals surface area contributed by atoms with Crippen molar-refractivity contribution in [2.45, 2.75) is 20.0 Å². The Labute approximate surface area is 124 Å². The molecule has 0 saturated carbocycles. The predicted molar refractivity (Wildman–Crippen MR) is 80.6 cm³/mol. The van der Waals surface area contributed by atoms with Crippen molar-refractivity contribution < 1.29 is 14.3 Å². The van der Waals surface area contributed by atoms with Gasteiger partial charge in [0.15, 0.2) is 0 Å². The van der Waals surface area contributed by atoms with Gasteiger partial charge in [-0.1, -0.05) is 6.07 Å². The lowest BCUT2D eigenvalue weighted by Crippen LogP contribution is -2.40. The lowest BCUT2D eigenvalue weighted by atomic mass is 10.1. The SMILES string of the molecule is Cc1cc(C)cc(N2CC(CNC(=O)N(C)C)OC2=O)c1. The van der Waals surface area contributed by atoms with Crippen LogP contribution in [0.3, 0.4) is 0 Å². The summed E-state index contributed by atoms with van der Waals surface area (Å²) in [4.78, 5) is 26.5. The van der Waals surface area contributed by atoms with Crippen LogP contribution in [0.2, 0.25) is 0 Å². The third kappa shape index (κ3) is 3.65. The van der Waals surface area contributed by atoms with Crippen molar-refractivity contribution in [2.75, 3.05) is 32.1 Å². The zero-order valence-corrected chi connectivity index (χ0v) is 12.8. The molecule has 1 heterocycles. The van der Waals surface area contributed by atoms with Crippen LogP contribution in [0.4, 0.5) is 15.3 Å². The van der Waals surface area contributed by atoms with Crippen LogP contribution in [0.15, 0.2) is 18.2 Å². The summed E-state index contributed by atoms with van der Waals surface area (Å²) < 4.78 is 5.29. The van der Waals surface area contributed by atoms with Crippen molar-refractivity contribution in [1.29, 1.82) is 0 Å². The number of carbonyl (C=O) groups excluding carboxylic acids is 2. The Bertz CT molecular complexity index is 537. The molecule has 1 unspecified atom stereocenters. The van der Waals surface area contributed by atoms with Gasteiger partial charge in [-0.15, -0.1) is 0 Å². The average Bonchev–Trinajstić information content (AvgIpc) is 2.76. The van der Waals surface area contributed by atoms with Gasteiger partial charge in [-0.2, -0.15) is 0 Å². The van der Waals surface area contributed by atoms with E-state index in [1.807, 2.05) is 26.0 Å². The van der Waals surface area contributed by atoms with Gasteiger partial charge < -0.3 is 15.0 Å². The molecule has 1 saturated heterocycles. The van der Waals surface area contributed by atoms with Crippen LogP contribution in [0.5, 0.6) is 0 Å². The second kappa shape index (κ2) is 6.03. The maximum Gasteiger partial charge on any atom is 0.414 e. The summed E-state index contributed by atoms with van der Waals surface area (Å²) >= 11 is 0. The van der Waals surface area contributed by atoms with Crippen molar-refractivity contribution in [3.05, 3.63) is 29.3 Å². The summed E-state index contributed by atoms with van der Waals surface area (Å²) in [7, 11) is 3.33. The van der Waals surface area contributed by atoms with E-state index >= 15 is 0 Å². The van der Waals surface area contributed by atoms with Crippen LogP contribution < -0.4 is 10.2 Å². The number of rotatable bonds is 3. The first-order valence-electron chi connectivity index (χ1n) is 6.88. The van der Waals surface area contributed by atoms with Crippen molar-refractivity contribution >= 4 is 17.8 Å². The number of aryl methyl sites for hydroxylation is 2. The van der Waals surface area contributed by atoms with Crippen LogP contribution in [-0.4, -0.2) is 50.3 Å². The van der Waals surface area contributed by atoms with E-state index in [0.29, 0.717) is 13.1 Å². The lowest BCUT2D eigenvalue weighted by molar-refractivity contribution is 0.139. The number of amides is 3. The monoisotopic (exact) mass is 291 g/mol. The van der Waals surface area contributed by atoms with Gasteiger partial charge in [-0.3, -0.25) is 4.90 Å². The fourth-order valence-electron chi connectivity index (χ4n) is 2.30. The van der Waals surface area contributed by atoms with Gasteiger partial charge in [0, 0.05) is 19.8 Å². The van der Waals surface area contributed by atoms with Gasteiger partial charge in [-0.25, -0.2) is 9.59 Å². The largest absolute Gasteiger partial charge is 0.442 e. The summed E-state index contributed by atoms with van der Waals surface area (Å²) in [5.74, 6) is 0. The Hall–Kier alpha value is -2.24. The van der Waals surface area contributed by atoms with Gasteiger partial charge in [-0.05, 0) is 37.1 Å². The highest BCUT2D eigenvalue weighted by molar-refractivity contribution is 5.90. The summed E-state index contributed by atoms with van der Waals surface area (Å²) in [6.45, 7) is 4.73. The lowest BCUT2D eigenvalue weighted by Gasteiger charge is -2.15. The summed E-state index contributed by atoms with van der Waals surface area (Å²) in [5, 5.41) is 2.72. The molecule has 3 amide bonds. The highest BCUT2D eigenvalue weighted by atomic mass is 16.6. The molecule has 2 rings (SSSR count). The van der Waals surface area contributed by atoms with Crippen LogP contribution in [0, 0.1) is 13.8 Å². The number of ether oxygens (including phenoxy) is 1. The molecule has 6 nitrogen and oxygen atoms in total. The Morgan fingerprint density at radius 1 is 1.33 bits per heavy atom. The summed E-state index contributed by atoms with van der Waals surface area (Å²) in [5.41, 5.74) is 3.03. The first-order chi connectivity index (χ1) is 9.86. The van der Waals surface area contributed by atoms with Crippen molar-refractivity contribution in [2.24, 2.45) is 0 Å². The van der Waals surface area contributed by atoms with E-state index in [2.05, 4.69) is 11.4 Å². The topological polar surface area (TPSA) is 61.9 Å². The van der Waals surface area contributed by atoms with E-state index in [1.54, 1.807) is 19.0 Å². The molecule has 0 aliphatic carbocycles. The number of urea groups is 1. The molecule has 114 valence electrons. The molecule has 0 bridgehead atoms. The minimum atomic E-state index is -0.371. The number of hydrogen-bond acceptors (Lipinski definition) is 3. The second-order valence-corrected chi connectivity index (χ2v) is 5.54. The minimum absolute atomic E-state index is 0.198. The molecule has 21 heavy (non-hydrogen) atoms. The van der Waals surface area contributed by atoms with Crippen molar-refractivity contribution in [3.8, 4) is 0 Å². The molecule has 1 fully saturated rings. The molecule has 1 atom stereocenters. The Morgan fingerprint density at radius 2 is 1.95 bits per heavy atom. The first-order valence-corrected chi connectivity index (χ1v) is 6.88. The number of hydrogen-bond donors (Lipinski definition) is 1. The fraction of sp³-hybridized carbons (Fsp3) is 0.467. The van der Waals surface area contributed by atoms with Crippen molar-refractivity contribution in [3.63, 3.8) is 0 Å². The molecule has 1 N–H and O–H groups in total. The maximum atomic E-state index is 12.0. The van der Waals surface area contributed by atoms with Gasteiger partial charge in [0.05, 0.1) is 13.1 Å². The number of benzene rings is 1. The fourth-order valence-corrected chi connectivity index (χ4v) is 2.30. The van der Waals surface area contributed by atoms with Gasteiger partial charge in [0.2, 0.25) is 0 Å². The third-order valence-electron chi connectivity index (χ3n) is 3.28. The molecule has 0 spiro atoms. The molecule has 6 heteroatoms. The number of anilines is 1. The Kier molecular flexibility index (Phi) is 4.35. The normalized spacial score (nSPS) is 17.6. The zero-order valence-electron chi connectivity index (χ0n) is 12.8. The van der Waals surface area contributed by atoms with Gasteiger partial charge in [0.1, 0.15) is 6.10 Å². The molecule has 1 aromatic rings. The molecule has 1 aromatic carbocycles. The summed E-state index contributed by atoms with van der Waals surface area (Å²) in [6.07, 6.45) is -0.702. The smallest absolute Gasteiger partial charge is 0.414 e. The van der Waals surface area contributed by atoms with Crippen molar-refractivity contribution in [1.82, 2.24) is 10.2 Å². The van der Waals surface area contributed by atoms with E-state index in [4.69, 9.17) is 4.74 Å². The zero-order chi connectivity index (χ0) is 15.6. The van der Waals surface area contributed by atoms with Crippen LogP contribution in [0.1, 0.15) is 11.1 Å². The van der Waals surface area contributed by atoms with E-state index in [-0.39, 0.29) is 18.2 Å². The van der Waals surface area contributed by atoms with E-state index in [0.717, 1.165) is 16.8 Å². The van der Waals surface area contributed by atoms with Gasteiger partial charge >= 0.3 is 12.1 Å². The average molecular weight is 291 g/mol. The van der Waals surface area contributed by atoms with E-state index in [1.165, 1.54) is 4.90 Å². The number of carbonyl (C=O) groups is 2. The number of nitrogens with zero attached hydrogens (tertiary/aromatic N) is 2. The highest BCUT2D eigenvalue weighted by Crippen LogP contribution is 2.23. The summed E-state index contributed by atoms with van der Waals surface area (Å²) in [6, 6.07) is 5.76. The van der Waals surface area contributed by atoms with Gasteiger partial charge in [0.25, 0.3) is 0 Å². The minimum Gasteiger partial charge on any atom is -0.442 e. The number of nitrogens with one attached hydrogen (secondary N) is 1. The highest BCUT2D eigenvalue weighted by Gasteiger charge is 2.32. The third-order valence-corrected chi connectivity index (χ3v) is 3.28. The quantitative estimate of drug-likeness (QED) is 0.925. The molecule has 0 aromatic heterocycles.